The van der Waals surface area contributed by atoms with E-state index >= 15 is 0 Å². The van der Waals surface area contributed by atoms with Gasteiger partial charge < -0.3 is 20.9 Å². The molecule has 51 heavy (non-hydrogen) atoms. The minimum atomic E-state index is -1.69. The number of hydrogen-bond donors (Lipinski definition) is 3. The number of nitrogens with two attached hydrogens (primary N) is 1. The number of benzene rings is 3. The van der Waals surface area contributed by atoms with Gasteiger partial charge in [0.1, 0.15) is 0 Å². The molecule has 3 aromatic carbocycles. The Balaban J connectivity index is 1.58. The van der Waals surface area contributed by atoms with Crippen molar-refractivity contribution >= 4 is 50.9 Å². The lowest BCUT2D eigenvalue weighted by atomic mass is 10.0. The van der Waals surface area contributed by atoms with Crippen molar-refractivity contribution in [2.45, 2.75) is 38.9 Å². The summed E-state index contributed by atoms with van der Waals surface area (Å²) >= 11 is 6.78. The number of methoxy groups -OCH3 is 1. The van der Waals surface area contributed by atoms with Crippen LogP contribution in [0.4, 0.5) is 24.8 Å². The first-order valence-electron chi connectivity index (χ1n) is 15.6. The summed E-state index contributed by atoms with van der Waals surface area (Å²) in [4.78, 5) is 48.0. The van der Waals surface area contributed by atoms with E-state index in [1.165, 1.54) is 12.4 Å². The van der Waals surface area contributed by atoms with Gasteiger partial charge in [-0.05, 0) is 47.7 Å². The zero-order valence-corrected chi connectivity index (χ0v) is 27.8. The molecule has 0 amide bonds. The maximum atomic E-state index is 14.4. The second-order valence-electron chi connectivity index (χ2n) is 11.6. The molecule has 6 aromatic rings. The van der Waals surface area contributed by atoms with Gasteiger partial charge in [-0.15, -0.1) is 0 Å². The zero-order valence-electron chi connectivity index (χ0n) is 27.0. The molecule has 17 heteroatoms. The van der Waals surface area contributed by atoms with Gasteiger partial charge in [-0.3, -0.25) is 19.0 Å². The SMILES string of the molecule is COCCn1cc2c(CCCC(=O)O)c(Nc3nc(=O)n(-c4cncc5cccc(CN)c45)c(=O)n3Cc3cc(F)c(F)c(F)c3)c(Cl)cc2n1. The average molecular weight is 723 g/mol. The molecule has 3 heterocycles. The number of ether oxygens (including phenoxy) is 1. The van der Waals surface area contributed by atoms with Gasteiger partial charge in [-0.2, -0.15) is 10.1 Å². The number of aromatic nitrogens is 6. The molecule has 0 fully saturated rings. The number of nitrogens with zero attached hydrogens (tertiary/aromatic N) is 6. The van der Waals surface area contributed by atoms with Crippen molar-refractivity contribution in [1.82, 2.24) is 28.9 Å². The Kier molecular flexibility index (Phi) is 10.2. The van der Waals surface area contributed by atoms with Gasteiger partial charge in [-0.25, -0.2) is 27.3 Å². The number of carboxylic acids is 1. The molecule has 0 aliphatic heterocycles. The van der Waals surface area contributed by atoms with Crippen molar-refractivity contribution < 1.29 is 27.8 Å². The molecule has 0 bridgehead atoms. The van der Waals surface area contributed by atoms with E-state index in [-0.39, 0.29) is 53.7 Å². The molecule has 13 nitrogen and oxygen atoms in total. The van der Waals surface area contributed by atoms with Crippen molar-refractivity contribution in [2.24, 2.45) is 5.73 Å². The van der Waals surface area contributed by atoms with E-state index in [9.17, 15) is 32.7 Å². The summed E-state index contributed by atoms with van der Waals surface area (Å²) in [5.74, 6) is -6.05. The number of carbonyl (C=O) groups is 1. The number of hydrogen-bond acceptors (Lipinski definition) is 9. The number of halogens is 4. The average Bonchev–Trinajstić information content (AvgIpc) is 3.50. The molecule has 0 saturated heterocycles. The highest BCUT2D eigenvalue weighted by Gasteiger charge is 2.23. The third-order valence-electron chi connectivity index (χ3n) is 8.26. The number of aliphatic carboxylic acids is 1. The number of fused-ring (bicyclic) bond motifs is 2. The lowest BCUT2D eigenvalue weighted by molar-refractivity contribution is -0.137. The maximum absolute atomic E-state index is 14.4. The summed E-state index contributed by atoms with van der Waals surface area (Å²) in [7, 11) is 1.54. The molecular weight excluding hydrogens is 693 g/mol. The number of pyridine rings is 1. The van der Waals surface area contributed by atoms with Crippen LogP contribution in [-0.4, -0.2) is 53.7 Å². The van der Waals surface area contributed by atoms with Crippen molar-refractivity contribution in [3.63, 3.8) is 0 Å². The Morgan fingerprint density at radius 3 is 2.59 bits per heavy atom. The predicted molar refractivity (Wildman–Crippen MR) is 183 cm³/mol. The Hall–Kier alpha value is -5.58. The van der Waals surface area contributed by atoms with Crippen LogP contribution in [-0.2, 0) is 35.6 Å². The first-order valence-corrected chi connectivity index (χ1v) is 16.0. The quantitative estimate of drug-likeness (QED) is 0.142. The number of rotatable bonds is 13. The van der Waals surface area contributed by atoms with Crippen LogP contribution in [0.5, 0.6) is 0 Å². The summed E-state index contributed by atoms with van der Waals surface area (Å²) in [5.41, 5.74) is 5.66. The largest absolute Gasteiger partial charge is 0.481 e. The number of nitrogens with one attached hydrogen (secondary N) is 1. The van der Waals surface area contributed by atoms with Gasteiger partial charge in [0.15, 0.2) is 17.5 Å². The number of aryl methyl sites for hydroxylation is 1. The van der Waals surface area contributed by atoms with Crippen LogP contribution in [0.1, 0.15) is 29.5 Å². The van der Waals surface area contributed by atoms with Crippen LogP contribution < -0.4 is 22.4 Å². The molecular formula is C34H30ClF3N8O5. The predicted octanol–water partition coefficient (Wildman–Crippen LogP) is 4.67. The highest BCUT2D eigenvalue weighted by Crippen LogP contribution is 2.36. The van der Waals surface area contributed by atoms with Crippen molar-refractivity contribution in [2.75, 3.05) is 19.0 Å². The smallest absolute Gasteiger partial charge is 0.359 e. The van der Waals surface area contributed by atoms with Crippen LogP contribution >= 0.6 is 11.6 Å². The first kappa shape index (κ1) is 35.3. The summed E-state index contributed by atoms with van der Waals surface area (Å²) in [6.07, 6.45) is 4.77. The minimum Gasteiger partial charge on any atom is -0.481 e. The van der Waals surface area contributed by atoms with Crippen molar-refractivity contribution in [3.05, 3.63) is 115 Å². The molecule has 0 atom stereocenters. The van der Waals surface area contributed by atoms with Crippen LogP contribution in [0.15, 0.2) is 64.6 Å². The summed E-state index contributed by atoms with van der Waals surface area (Å²) in [6, 6.07) is 8.19. The minimum absolute atomic E-state index is 0.0603. The molecule has 0 radical (unpaired) electrons. The van der Waals surface area contributed by atoms with E-state index in [1.807, 2.05) is 0 Å². The molecule has 0 saturated carbocycles. The molecule has 0 unspecified atom stereocenters. The number of anilines is 2. The molecule has 0 aliphatic rings. The standard InChI is InChI=1S/C34H30ClF3N8O5/c1-51-9-8-44-17-22-21(6-3-7-28(47)48)31(23(35)12-26(22)43-44)41-32-42-33(49)46(27-15-40-14-20-5-2-4-19(13-39)29(20)27)34(50)45(32)16-18-10-24(36)30(38)25(37)11-18/h2,4-5,10-12,14-15,17H,3,6-9,13,16,39H2,1H3,(H,47,48)(H,41,42,49). The second kappa shape index (κ2) is 14.7. The van der Waals surface area contributed by atoms with Crippen LogP contribution in [0.2, 0.25) is 5.02 Å². The molecule has 6 rings (SSSR count). The first-order chi connectivity index (χ1) is 24.5. The van der Waals surface area contributed by atoms with E-state index in [2.05, 4.69) is 20.4 Å². The number of carboxylic acid groups (broad SMARTS) is 1. The topological polar surface area (TPSA) is 172 Å². The Bertz CT molecular complexity index is 2400. The molecule has 0 aliphatic carbocycles. The lowest BCUT2D eigenvalue weighted by Gasteiger charge is -2.19. The van der Waals surface area contributed by atoms with E-state index < -0.39 is 41.3 Å². The van der Waals surface area contributed by atoms with Crippen LogP contribution in [0.25, 0.3) is 27.4 Å². The maximum Gasteiger partial charge on any atom is 0.359 e. The third kappa shape index (κ3) is 7.06. The molecule has 0 spiro atoms. The zero-order chi connectivity index (χ0) is 36.4. The third-order valence-corrected chi connectivity index (χ3v) is 8.56. The lowest BCUT2D eigenvalue weighted by Crippen LogP contribution is -2.42. The Morgan fingerprint density at radius 2 is 1.88 bits per heavy atom. The van der Waals surface area contributed by atoms with Crippen molar-refractivity contribution in [1.29, 1.82) is 0 Å². The van der Waals surface area contributed by atoms with Gasteiger partial charge in [-0.1, -0.05) is 29.8 Å². The highest BCUT2D eigenvalue weighted by atomic mass is 35.5. The van der Waals surface area contributed by atoms with E-state index in [4.69, 9.17) is 22.1 Å². The molecule has 4 N–H and O–H groups in total. The fraction of sp³-hybridized carbons (Fsp3) is 0.235. The Labute approximate surface area is 291 Å². The fourth-order valence-corrected chi connectivity index (χ4v) is 6.19. The van der Waals surface area contributed by atoms with E-state index in [0.717, 1.165) is 21.3 Å². The van der Waals surface area contributed by atoms with Gasteiger partial charge >= 0.3 is 17.3 Å². The van der Waals surface area contributed by atoms with Gasteiger partial charge in [0, 0.05) is 48.6 Å². The normalized spacial score (nSPS) is 11.5. The van der Waals surface area contributed by atoms with E-state index in [0.29, 0.717) is 46.0 Å². The van der Waals surface area contributed by atoms with Crippen LogP contribution in [0.3, 0.4) is 0 Å². The van der Waals surface area contributed by atoms with Crippen LogP contribution in [0, 0.1) is 17.5 Å². The second-order valence-corrected chi connectivity index (χ2v) is 12.0. The summed E-state index contributed by atoms with van der Waals surface area (Å²) < 4.78 is 51.2. The Morgan fingerprint density at radius 1 is 1.12 bits per heavy atom. The fourth-order valence-electron chi connectivity index (χ4n) is 5.92. The molecule has 264 valence electrons. The molecule has 3 aromatic heterocycles. The van der Waals surface area contributed by atoms with Crippen molar-refractivity contribution in [3.8, 4) is 5.69 Å². The summed E-state index contributed by atoms with van der Waals surface area (Å²) in [6.45, 7) is 0.246. The highest BCUT2D eigenvalue weighted by molar-refractivity contribution is 6.34. The monoisotopic (exact) mass is 722 g/mol. The van der Waals surface area contributed by atoms with Gasteiger partial charge in [0.05, 0.1) is 47.8 Å². The van der Waals surface area contributed by atoms with Gasteiger partial charge in [0.25, 0.3) is 0 Å². The summed E-state index contributed by atoms with van der Waals surface area (Å²) in [5, 5.41) is 18.6. The van der Waals surface area contributed by atoms with Gasteiger partial charge in [0.2, 0.25) is 5.95 Å². The van der Waals surface area contributed by atoms with E-state index in [1.54, 1.807) is 42.3 Å².